The van der Waals surface area contributed by atoms with Crippen molar-refractivity contribution in [3.05, 3.63) is 29.8 Å². The van der Waals surface area contributed by atoms with Gasteiger partial charge in [0.25, 0.3) is 0 Å². The maximum atomic E-state index is 11.8. The summed E-state index contributed by atoms with van der Waals surface area (Å²) in [6.07, 6.45) is 2.96. The van der Waals surface area contributed by atoms with Crippen LogP contribution in [0.3, 0.4) is 0 Å². The highest BCUT2D eigenvalue weighted by Crippen LogP contribution is 2.10. The molecule has 0 radical (unpaired) electrons. The molecule has 3 heteroatoms. The summed E-state index contributed by atoms with van der Waals surface area (Å²) in [4.78, 5) is 14.0. The van der Waals surface area contributed by atoms with Gasteiger partial charge in [-0.3, -0.25) is 9.69 Å². The Hall–Kier alpha value is -1.35. The van der Waals surface area contributed by atoms with Gasteiger partial charge in [0.1, 0.15) is 0 Å². The highest BCUT2D eigenvalue weighted by atomic mass is 16.1. The molecule has 1 aliphatic rings. The van der Waals surface area contributed by atoms with Gasteiger partial charge in [0, 0.05) is 12.1 Å². The quantitative estimate of drug-likeness (QED) is 0.779. The van der Waals surface area contributed by atoms with Gasteiger partial charge in [-0.25, -0.2) is 0 Å². The fourth-order valence-electron chi connectivity index (χ4n) is 2.18. The summed E-state index contributed by atoms with van der Waals surface area (Å²) in [6, 6.07) is 7.57. The lowest BCUT2D eigenvalue weighted by atomic mass is 10.1. The van der Waals surface area contributed by atoms with Crippen molar-refractivity contribution in [3.63, 3.8) is 0 Å². The van der Waals surface area contributed by atoms with E-state index < -0.39 is 0 Å². The molecule has 0 atom stereocenters. The predicted molar refractivity (Wildman–Crippen MR) is 65.2 cm³/mol. The van der Waals surface area contributed by atoms with E-state index >= 15 is 0 Å². The summed E-state index contributed by atoms with van der Waals surface area (Å²) in [5.41, 5.74) is 7.42. The molecule has 1 aromatic carbocycles. The number of likely N-dealkylation sites (tertiary alicyclic amines) is 1. The molecule has 0 bridgehead atoms. The predicted octanol–water partition coefficient (Wildman–Crippen LogP) is 1.48. The average molecular weight is 218 g/mol. The number of ketones is 1. The third-order valence-corrected chi connectivity index (χ3v) is 2.95. The standard InChI is InChI=1S/C13H18N2O/c14-12-5-3-4-11(8-12)9-13(16)10-15-6-1-2-7-15/h3-5,8H,1-2,6-7,9-10,14H2. The van der Waals surface area contributed by atoms with Crippen molar-refractivity contribution in [1.29, 1.82) is 0 Å². The molecule has 1 fully saturated rings. The van der Waals surface area contributed by atoms with Crippen molar-refractivity contribution in [2.45, 2.75) is 19.3 Å². The van der Waals surface area contributed by atoms with Crippen LogP contribution in [0.5, 0.6) is 0 Å². The molecular formula is C13H18N2O. The van der Waals surface area contributed by atoms with E-state index in [2.05, 4.69) is 4.90 Å². The first-order valence-electron chi connectivity index (χ1n) is 5.82. The minimum absolute atomic E-state index is 0.285. The van der Waals surface area contributed by atoms with Gasteiger partial charge < -0.3 is 5.73 Å². The van der Waals surface area contributed by atoms with E-state index in [1.54, 1.807) is 0 Å². The summed E-state index contributed by atoms with van der Waals surface area (Å²) in [5.74, 6) is 0.285. The number of nitrogens with two attached hydrogens (primary N) is 1. The average Bonchev–Trinajstić information content (AvgIpc) is 2.70. The molecule has 0 aliphatic carbocycles. The third-order valence-electron chi connectivity index (χ3n) is 2.95. The van der Waals surface area contributed by atoms with E-state index in [0.717, 1.165) is 24.3 Å². The van der Waals surface area contributed by atoms with Crippen LogP contribution < -0.4 is 5.73 Å². The van der Waals surface area contributed by atoms with Crippen LogP contribution in [0.2, 0.25) is 0 Å². The summed E-state index contributed by atoms with van der Waals surface area (Å²) in [7, 11) is 0. The number of hydrogen-bond donors (Lipinski definition) is 1. The van der Waals surface area contributed by atoms with E-state index in [9.17, 15) is 4.79 Å². The van der Waals surface area contributed by atoms with E-state index in [0.29, 0.717) is 13.0 Å². The minimum Gasteiger partial charge on any atom is -0.399 e. The smallest absolute Gasteiger partial charge is 0.151 e. The Labute approximate surface area is 96.2 Å². The lowest BCUT2D eigenvalue weighted by molar-refractivity contribution is -0.119. The van der Waals surface area contributed by atoms with Gasteiger partial charge in [-0.15, -0.1) is 0 Å². The van der Waals surface area contributed by atoms with Crippen LogP contribution in [0.15, 0.2) is 24.3 Å². The first-order chi connectivity index (χ1) is 7.74. The zero-order valence-electron chi connectivity index (χ0n) is 9.48. The van der Waals surface area contributed by atoms with Crippen LogP contribution in [0.25, 0.3) is 0 Å². The van der Waals surface area contributed by atoms with Crippen LogP contribution in [0.4, 0.5) is 5.69 Å². The fraction of sp³-hybridized carbons (Fsp3) is 0.462. The van der Waals surface area contributed by atoms with Crippen molar-refractivity contribution in [1.82, 2.24) is 4.90 Å². The zero-order valence-corrected chi connectivity index (χ0v) is 9.48. The summed E-state index contributed by atoms with van der Waals surface area (Å²) < 4.78 is 0. The Kier molecular flexibility index (Phi) is 3.57. The van der Waals surface area contributed by atoms with Crippen molar-refractivity contribution in [3.8, 4) is 0 Å². The molecule has 2 N–H and O–H groups in total. The van der Waals surface area contributed by atoms with E-state index in [1.807, 2.05) is 24.3 Å². The number of carbonyl (C=O) groups is 1. The molecule has 0 spiro atoms. The number of carbonyl (C=O) groups excluding carboxylic acids is 1. The van der Waals surface area contributed by atoms with Crippen molar-refractivity contribution in [2.75, 3.05) is 25.4 Å². The third kappa shape index (κ3) is 3.07. The number of anilines is 1. The minimum atomic E-state index is 0.285. The second-order valence-electron chi connectivity index (χ2n) is 4.44. The Balaban J connectivity index is 1.86. The number of nitrogen functional groups attached to an aromatic ring is 1. The molecule has 86 valence electrons. The highest BCUT2D eigenvalue weighted by Gasteiger charge is 2.15. The fourth-order valence-corrected chi connectivity index (χ4v) is 2.18. The Morgan fingerprint density at radius 3 is 2.75 bits per heavy atom. The molecule has 0 saturated carbocycles. The van der Waals surface area contributed by atoms with E-state index in [4.69, 9.17) is 5.73 Å². The first-order valence-corrected chi connectivity index (χ1v) is 5.82. The van der Waals surface area contributed by atoms with E-state index in [1.165, 1.54) is 12.8 Å². The molecule has 1 aromatic rings. The molecule has 0 unspecified atom stereocenters. The molecular weight excluding hydrogens is 200 g/mol. The van der Waals surface area contributed by atoms with Crippen molar-refractivity contribution < 1.29 is 4.79 Å². The van der Waals surface area contributed by atoms with Crippen LogP contribution >= 0.6 is 0 Å². The van der Waals surface area contributed by atoms with Crippen LogP contribution in [-0.2, 0) is 11.2 Å². The normalized spacial score (nSPS) is 16.5. The van der Waals surface area contributed by atoms with Gasteiger partial charge in [-0.2, -0.15) is 0 Å². The monoisotopic (exact) mass is 218 g/mol. The molecule has 1 aliphatic heterocycles. The van der Waals surface area contributed by atoms with Gasteiger partial charge in [0.2, 0.25) is 0 Å². The van der Waals surface area contributed by atoms with Crippen LogP contribution in [0, 0.1) is 0 Å². The first kappa shape index (κ1) is 11.1. The van der Waals surface area contributed by atoms with Crippen LogP contribution in [0.1, 0.15) is 18.4 Å². The Morgan fingerprint density at radius 1 is 1.31 bits per heavy atom. The molecule has 16 heavy (non-hydrogen) atoms. The number of hydrogen-bond acceptors (Lipinski definition) is 3. The number of nitrogens with zero attached hydrogens (tertiary/aromatic N) is 1. The maximum Gasteiger partial charge on any atom is 0.151 e. The second-order valence-corrected chi connectivity index (χ2v) is 4.44. The number of rotatable bonds is 4. The number of Topliss-reactive ketones (excluding diaryl/α,β-unsaturated/α-hetero) is 1. The molecule has 3 nitrogen and oxygen atoms in total. The van der Waals surface area contributed by atoms with Crippen molar-refractivity contribution in [2.24, 2.45) is 0 Å². The second kappa shape index (κ2) is 5.12. The SMILES string of the molecule is Nc1cccc(CC(=O)CN2CCCC2)c1. The van der Waals surface area contributed by atoms with Gasteiger partial charge in [-0.1, -0.05) is 12.1 Å². The molecule has 2 rings (SSSR count). The lowest BCUT2D eigenvalue weighted by Crippen LogP contribution is -2.27. The number of benzene rings is 1. The molecule has 0 amide bonds. The molecule has 1 saturated heterocycles. The lowest BCUT2D eigenvalue weighted by Gasteiger charge is -2.13. The Bertz CT molecular complexity index is 370. The van der Waals surface area contributed by atoms with Crippen molar-refractivity contribution >= 4 is 11.5 Å². The maximum absolute atomic E-state index is 11.8. The Morgan fingerprint density at radius 2 is 2.06 bits per heavy atom. The van der Waals surface area contributed by atoms with Gasteiger partial charge in [0.05, 0.1) is 6.54 Å². The van der Waals surface area contributed by atoms with E-state index in [-0.39, 0.29) is 5.78 Å². The van der Waals surface area contributed by atoms with Gasteiger partial charge in [0.15, 0.2) is 5.78 Å². The topological polar surface area (TPSA) is 46.3 Å². The largest absolute Gasteiger partial charge is 0.399 e. The summed E-state index contributed by atoms with van der Waals surface area (Å²) >= 11 is 0. The summed E-state index contributed by atoms with van der Waals surface area (Å²) in [5, 5.41) is 0. The van der Waals surface area contributed by atoms with Crippen LogP contribution in [-0.4, -0.2) is 30.3 Å². The zero-order chi connectivity index (χ0) is 11.4. The molecule has 0 aromatic heterocycles. The van der Waals surface area contributed by atoms with Gasteiger partial charge >= 0.3 is 0 Å². The highest BCUT2D eigenvalue weighted by molar-refractivity contribution is 5.83. The summed E-state index contributed by atoms with van der Waals surface area (Å²) in [6.45, 7) is 2.74. The van der Waals surface area contributed by atoms with Gasteiger partial charge in [-0.05, 0) is 43.6 Å². The molecule has 1 heterocycles.